The molecule has 0 N–H and O–H groups in total. The van der Waals surface area contributed by atoms with E-state index in [0.29, 0.717) is 35.0 Å². The van der Waals surface area contributed by atoms with E-state index in [2.05, 4.69) is 11.9 Å². The van der Waals surface area contributed by atoms with Crippen molar-refractivity contribution in [3.8, 4) is 23.0 Å². The van der Waals surface area contributed by atoms with Crippen molar-refractivity contribution >= 4 is 17.9 Å². The first kappa shape index (κ1) is 27.1. The highest BCUT2D eigenvalue weighted by Crippen LogP contribution is 2.36. The largest absolute Gasteiger partial charge is 0.496 e. The molecule has 0 unspecified atom stereocenters. The summed E-state index contributed by atoms with van der Waals surface area (Å²) < 4.78 is 27.4. The molecule has 0 amide bonds. The van der Waals surface area contributed by atoms with Gasteiger partial charge in [0.05, 0.1) is 27.9 Å². The van der Waals surface area contributed by atoms with Gasteiger partial charge in [0.15, 0.2) is 17.2 Å². The molecule has 0 radical (unpaired) electrons. The van der Waals surface area contributed by atoms with Gasteiger partial charge in [-0.05, 0) is 42.8 Å². The fourth-order valence-corrected chi connectivity index (χ4v) is 3.97. The molecule has 2 aromatic carbocycles. The van der Waals surface area contributed by atoms with Crippen molar-refractivity contribution in [3.63, 3.8) is 0 Å². The number of ether oxygens (including phenoxy) is 5. The zero-order valence-corrected chi connectivity index (χ0v) is 21.8. The lowest BCUT2D eigenvalue weighted by Gasteiger charge is -2.12. The Labute approximate surface area is 214 Å². The van der Waals surface area contributed by atoms with E-state index in [1.165, 1.54) is 44.9 Å². The number of carbonyl (C=O) groups excluding carboxylic acids is 1. The normalized spacial score (nSPS) is 13.9. The van der Waals surface area contributed by atoms with E-state index in [0.717, 1.165) is 12.2 Å². The summed E-state index contributed by atoms with van der Waals surface area (Å²) in [7, 11) is 4.64. The van der Waals surface area contributed by atoms with Gasteiger partial charge < -0.3 is 23.7 Å². The second-order valence-electron chi connectivity index (χ2n) is 8.63. The van der Waals surface area contributed by atoms with E-state index in [1.807, 2.05) is 24.3 Å². The van der Waals surface area contributed by atoms with Gasteiger partial charge in [0, 0.05) is 17.2 Å². The van der Waals surface area contributed by atoms with Gasteiger partial charge in [0.2, 0.25) is 5.90 Å². The van der Waals surface area contributed by atoms with Gasteiger partial charge in [-0.15, -0.1) is 0 Å². The quantitative estimate of drug-likeness (QED) is 0.158. The smallest absolute Gasteiger partial charge is 0.363 e. The molecule has 0 spiro atoms. The fourth-order valence-electron chi connectivity index (χ4n) is 3.97. The van der Waals surface area contributed by atoms with Crippen molar-refractivity contribution in [2.45, 2.75) is 58.3 Å². The number of benzene rings is 2. The molecule has 0 atom stereocenters. The predicted molar refractivity (Wildman–Crippen MR) is 141 cm³/mol. The standard InChI is InChI=1S/C29H37NO6/c1-5-6-7-8-9-10-11-12-17-35-23-15-13-21(14-16-23)28-30-24(29(31)36-28)18-22-19-26(33-3)27(34-4)20-25(22)32-2/h13-16,18-20H,5-12,17H2,1-4H3. The Bertz CT molecular complexity index is 1060. The highest BCUT2D eigenvalue weighted by molar-refractivity contribution is 6.13. The predicted octanol–water partition coefficient (Wildman–Crippen LogP) is 6.58. The number of unbranched alkanes of at least 4 members (excludes halogenated alkanes) is 7. The third-order valence-electron chi connectivity index (χ3n) is 6.02. The molecule has 194 valence electrons. The van der Waals surface area contributed by atoms with Gasteiger partial charge in [-0.3, -0.25) is 0 Å². The maximum absolute atomic E-state index is 12.5. The Morgan fingerprint density at radius 2 is 1.42 bits per heavy atom. The van der Waals surface area contributed by atoms with Crippen molar-refractivity contribution in [1.29, 1.82) is 0 Å². The SMILES string of the molecule is CCCCCCCCCCOc1ccc(C2=NC(=Cc3cc(OC)c(OC)cc3OC)C(=O)O2)cc1. The highest BCUT2D eigenvalue weighted by Gasteiger charge is 2.25. The van der Waals surface area contributed by atoms with Crippen LogP contribution in [0.15, 0.2) is 47.1 Å². The summed E-state index contributed by atoms with van der Waals surface area (Å²) in [6.07, 6.45) is 11.7. The molecule has 1 aliphatic rings. The molecule has 36 heavy (non-hydrogen) atoms. The van der Waals surface area contributed by atoms with Crippen LogP contribution in [0.25, 0.3) is 6.08 Å². The van der Waals surface area contributed by atoms with Crippen molar-refractivity contribution in [1.82, 2.24) is 0 Å². The molecule has 1 heterocycles. The molecular formula is C29H37NO6. The van der Waals surface area contributed by atoms with E-state index in [-0.39, 0.29) is 11.6 Å². The summed E-state index contributed by atoms with van der Waals surface area (Å²) in [6.45, 7) is 2.94. The number of hydrogen-bond donors (Lipinski definition) is 0. The lowest BCUT2D eigenvalue weighted by Crippen LogP contribution is -2.05. The molecular weight excluding hydrogens is 458 g/mol. The van der Waals surface area contributed by atoms with E-state index in [9.17, 15) is 4.79 Å². The summed E-state index contributed by atoms with van der Waals surface area (Å²) in [5.41, 5.74) is 1.49. The van der Waals surface area contributed by atoms with Crippen molar-refractivity contribution in [2.75, 3.05) is 27.9 Å². The van der Waals surface area contributed by atoms with Crippen LogP contribution in [0.1, 0.15) is 69.4 Å². The number of esters is 1. The minimum Gasteiger partial charge on any atom is -0.496 e. The maximum Gasteiger partial charge on any atom is 0.363 e. The molecule has 0 bridgehead atoms. The molecule has 7 nitrogen and oxygen atoms in total. The minimum absolute atomic E-state index is 0.172. The summed E-state index contributed by atoms with van der Waals surface area (Å²) >= 11 is 0. The van der Waals surface area contributed by atoms with E-state index in [1.54, 1.807) is 39.5 Å². The van der Waals surface area contributed by atoms with Gasteiger partial charge in [-0.2, -0.15) is 0 Å². The van der Waals surface area contributed by atoms with Crippen molar-refractivity contribution in [2.24, 2.45) is 4.99 Å². The monoisotopic (exact) mass is 495 g/mol. The molecule has 3 rings (SSSR count). The summed E-state index contributed by atoms with van der Waals surface area (Å²) in [4.78, 5) is 16.9. The van der Waals surface area contributed by atoms with E-state index >= 15 is 0 Å². The average Bonchev–Trinajstić information content (AvgIpc) is 3.27. The van der Waals surface area contributed by atoms with Gasteiger partial charge in [0.25, 0.3) is 0 Å². The topological polar surface area (TPSA) is 75.6 Å². The van der Waals surface area contributed by atoms with Crippen LogP contribution in [0.2, 0.25) is 0 Å². The van der Waals surface area contributed by atoms with Gasteiger partial charge >= 0.3 is 5.97 Å². The molecule has 7 heteroatoms. The van der Waals surface area contributed by atoms with Crippen LogP contribution in [-0.2, 0) is 9.53 Å². The van der Waals surface area contributed by atoms with E-state index < -0.39 is 5.97 Å². The second kappa shape index (κ2) is 14.2. The number of hydrogen-bond acceptors (Lipinski definition) is 7. The third-order valence-corrected chi connectivity index (χ3v) is 6.02. The Balaban J connectivity index is 1.58. The average molecular weight is 496 g/mol. The molecule has 0 saturated carbocycles. The summed E-state index contributed by atoms with van der Waals surface area (Å²) in [5, 5.41) is 0. The third kappa shape index (κ3) is 7.51. The molecule has 2 aromatic rings. The Morgan fingerprint density at radius 3 is 2.06 bits per heavy atom. The van der Waals surface area contributed by atoms with Crippen LogP contribution in [0.5, 0.6) is 23.0 Å². The minimum atomic E-state index is -0.531. The first-order valence-corrected chi connectivity index (χ1v) is 12.7. The van der Waals surface area contributed by atoms with Crippen LogP contribution in [0.4, 0.5) is 0 Å². The fraction of sp³-hybridized carbons (Fsp3) is 0.448. The summed E-state index contributed by atoms with van der Waals surface area (Å²) in [5.74, 6) is 2.08. The second-order valence-corrected chi connectivity index (χ2v) is 8.63. The molecule has 1 aliphatic heterocycles. The number of rotatable bonds is 15. The number of aliphatic imine (C=N–C) groups is 1. The number of nitrogens with zero attached hydrogens (tertiary/aromatic N) is 1. The molecule has 0 aliphatic carbocycles. The van der Waals surface area contributed by atoms with Crippen molar-refractivity contribution < 1.29 is 28.5 Å². The zero-order valence-electron chi connectivity index (χ0n) is 21.8. The Morgan fingerprint density at radius 1 is 0.806 bits per heavy atom. The maximum atomic E-state index is 12.5. The van der Waals surface area contributed by atoms with Gasteiger partial charge in [-0.25, -0.2) is 9.79 Å². The van der Waals surface area contributed by atoms with Crippen LogP contribution in [-0.4, -0.2) is 39.8 Å². The number of methoxy groups -OCH3 is 3. The van der Waals surface area contributed by atoms with Crippen LogP contribution < -0.4 is 18.9 Å². The van der Waals surface area contributed by atoms with Crippen LogP contribution >= 0.6 is 0 Å². The van der Waals surface area contributed by atoms with E-state index in [4.69, 9.17) is 23.7 Å². The lowest BCUT2D eigenvalue weighted by atomic mass is 10.1. The van der Waals surface area contributed by atoms with Crippen LogP contribution in [0, 0.1) is 0 Å². The first-order valence-electron chi connectivity index (χ1n) is 12.7. The number of carbonyl (C=O) groups is 1. The molecule has 0 fully saturated rings. The van der Waals surface area contributed by atoms with Crippen molar-refractivity contribution in [3.05, 3.63) is 53.2 Å². The number of cyclic esters (lactones) is 1. The van der Waals surface area contributed by atoms with Gasteiger partial charge in [0.1, 0.15) is 11.5 Å². The Hall–Kier alpha value is -3.48. The molecule has 0 aromatic heterocycles. The zero-order chi connectivity index (χ0) is 25.8. The van der Waals surface area contributed by atoms with Crippen LogP contribution in [0.3, 0.4) is 0 Å². The Kier molecular flexibility index (Phi) is 10.7. The highest BCUT2D eigenvalue weighted by atomic mass is 16.6. The molecule has 0 saturated heterocycles. The van der Waals surface area contributed by atoms with Gasteiger partial charge in [-0.1, -0.05) is 51.9 Å². The summed E-state index contributed by atoms with van der Waals surface area (Å²) in [6, 6.07) is 10.8. The first-order chi connectivity index (χ1) is 17.6. The lowest BCUT2D eigenvalue weighted by molar-refractivity contribution is -0.129.